The SMILES string of the molecule is O=C(O)C1=CC(C(=O)O)C1(c1ccccc1)c1ccccc1. The van der Waals surface area contributed by atoms with Crippen LogP contribution in [0.2, 0.25) is 0 Å². The minimum Gasteiger partial charge on any atom is -0.481 e. The quantitative estimate of drug-likeness (QED) is 0.909. The zero-order valence-corrected chi connectivity index (χ0v) is 11.6. The summed E-state index contributed by atoms with van der Waals surface area (Å²) >= 11 is 0. The third-order valence-electron chi connectivity index (χ3n) is 4.18. The third-order valence-corrected chi connectivity index (χ3v) is 4.18. The van der Waals surface area contributed by atoms with Crippen molar-refractivity contribution in [3.8, 4) is 0 Å². The van der Waals surface area contributed by atoms with E-state index in [-0.39, 0.29) is 5.57 Å². The van der Waals surface area contributed by atoms with Crippen LogP contribution in [0.1, 0.15) is 11.1 Å². The van der Waals surface area contributed by atoms with Crippen molar-refractivity contribution in [2.45, 2.75) is 5.41 Å². The Kier molecular flexibility index (Phi) is 3.29. The summed E-state index contributed by atoms with van der Waals surface area (Å²) in [4.78, 5) is 23.3. The Hall–Kier alpha value is -2.88. The number of hydrogen-bond acceptors (Lipinski definition) is 2. The fraction of sp³-hybridized carbons (Fsp3) is 0.111. The second-order valence-electron chi connectivity index (χ2n) is 5.24. The highest BCUT2D eigenvalue weighted by Gasteiger charge is 2.56. The van der Waals surface area contributed by atoms with Crippen molar-refractivity contribution in [2.24, 2.45) is 5.92 Å². The number of carbonyl (C=O) groups is 2. The number of carboxylic acids is 2. The molecular formula is C18H14O4. The Morgan fingerprint density at radius 2 is 1.27 bits per heavy atom. The maximum absolute atomic E-state index is 11.7. The zero-order valence-electron chi connectivity index (χ0n) is 11.6. The summed E-state index contributed by atoms with van der Waals surface area (Å²) in [5.74, 6) is -3.02. The van der Waals surface area contributed by atoms with Crippen LogP contribution < -0.4 is 0 Å². The summed E-state index contributed by atoms with van der Waals surface area (Å²) < 4.78 is 0. The molecule has 0 saturated heterocycles. The van der Waals surface area contributed by atoms with E-state index in [0.29, 0.717) is 11.1 Å². The average Bonchev–Trinajstić information content (AvgIpc) is 2.48. The van der Waals surface area contributed by atoms with Crippen molar-refractivity contribution in [3.63, 3.8) is 0 Å². The highest BCUT2D eigenvalue weighted by molar-refractivity contribution is 5.99. The van der Waals surface area contributed by atoms with Crippen molar-refractivity contribution < 1.29 is 19.8 Å². The van der Waals surface area contributed by atoms with Gasteiger partial charge in [0.2, 0.25) is 0 Å². The van der Waals surface area contributed by atoms with E-state index in [0.717, 1.165) is 0 Å². The number of rotatable bonds is 4. The van der Waals surface area contributed by atoms with E-state index in [1.807, 2.05) is 12.1 Å². The van der Waals surface area contributed by atoms with Gasteiger partial charge in [0.1, 0.15) is 0 Å². The molecule has 3 rings (SSSR count). The van der Waals surface area contributed by atoms with Gasteiger partial charge in [0.25, 0.3) is 0 Å². The number of carboxylic acid groups (broad SMARTS) is 2. The molecule has 1 atom stereocenters. The molecule has 4 heteroatoms. The lowest BCUT2D eigenvalue weighted by atomic mass is 9.54. The molecular weight excluding hydrogens is 280 g/mol. The molecule has 22 heavy (non-hydrogen) atoms. The minimum atomic E-state index is -1.15. The Balaban J connectivity index is 2.31. The highest BCUT2D eigenvalue weighted by atomic mass is 16.4. The van der Waals surface area contributed by atoms with Crippen LogP contribution in [0.25, 0.3) is 0 Å². The summed E-state index contributed by atoms with van der Waals surface area (Å²) in [7, 11) is 0. The van der Waals surface area contributed by atoms with E-state index in [2.05, 4.69) is 0 Å². The average molecular weight is 294 g/mol. The summed E-state index contributed by atoms with van der Waals surface area (Å²) in [5.41, 5.74) is 0.305. The van der Waals surface area contributed by atoms with Gasteiger partial charge in [-0.1, -0.05) is 66.7 Å². The Labute approximate surface area is 127 Å². The first-order valence-electron chi connectivity index (χ1n) is 6.88. The van der Waals surface area contributed by atoms with Gasteiger partial charge in [-0.3, -0.25) is 4.79 Å². The molecule has 110 valence electrons. The highest BCUT2D eigenvalue weighted by Crippen LogP contribution is 2.53. The van der Waals surface area contributed by atoms with Crippen molar-refractivity contribution >= 4 is 11.9 Å². The molecule has 2 aromatic carbocycles. The van der Waals surface area contributed by atoms with Crippen LogP contribution in [0, 0.1) is 5.92 Å². The van der Waals surface area contributed by atoms with Crippen LogP contribution in [0.15, 0.2) is 72.3 Å². The Bertz CT molecular complexity index is 708. The summed E-state index contributed by atoms with van der Waals surface area (Å²) in [6.07, 6.45) is 1.32. The van der Waals surface area contributed by atoms with Crippen molar-refractivity contribution in [1.29, 1.82) is 0 Å². The molecule has 1 aliphatic rings. The predicted molar refractivity (Wildman–Crippen MR) is 80.5 cm³/mol. The fourth-order valence-electron chi connectivity index (χ4n) is 3.23. The van der Waals surface area contributed by atoms with Crippen LogP contribution in [0.3, 0.4) is 0 Å². The molecule has 2 aromatic rings. The lowest BCUT2D eigenvalue weighted by molar-refractivity contribution is -0.143. The van der Waals surface area contributed by atoms with Crippen LogP contribution >= 0.6 is 0 Å². The lowest BCUT2D eigenvalue weighted by Gasteiger charge is -2.46. The summed E-state index contributed by atoms with van der Waals surface area (Å²) in [6, 6.07) is 17.9. The molecule has 0 aliphatic heterocycles. The normalized spacial score (nSPS) is 18.9. The van der Waals surface area contributed by atoms with Crippen LogP contribution in [-0.4, -0.2) is 22.2 Å². The van der Waals surface area contributed by atoms with Crippen LogP contribution in [0.4, 0.5) is 0 Å². The minimum absolute atomic E-state index is 0.109. The molecule has 0 spiro atoms. The Morgan fingerprint density at radius 1 is 0.818 bits per heavy atom. The van der Waals surface area contributed by atoms with E-state index in [1.165, 1.54) is 6.08 Å². The number of hydrogen-bond donors (Lipinski definition) is 2. The zero-order chi connectivity index (χ0) is 15.7. The van der Waals surface area contributed by atoms with Gasteiger partial charge in [-0.15, -0.1) is 0 Å². The molecule has 0 saturated carbocycles. The second-order valence-corrected chi connectivity index (χ2v) is 5.24. The molecule has 1 aliphatic carbocycles. The number of benzene rings is 2. The van der Waals surface area contributed by atoms with Gasteiger partial charge in [0.05, 0.1) is 16.9 Å². The van der Waals surface area contributed by atoms with Gasteiger partial charge in [-0.25, -0.2) is 4.79 Å². The van der Waals surface area contributed by atoms with Crippen molar-refractivity contribution in [1.82, 2.24) is 0 Å². The van der Waals surface area contributed by atoms with E-state index < -0.39 is 23.3 Å². The van der Waals surface area contributed by atoms with Gasteiger partial charge in [-0.05, 0) is 11.1 Å². The first kappa shape index (κ1) is 14.1. The summed E-state index contributed by atoms with van der Waals surface area (Å²) in [5, 5.41) is 19.1. The third kappa shape index (κ3) is 1.84. The smallest absolute Gasteiger partial charge is 0.332 e. The van der Waals surface area contributed by atoms with Crippen LogP contribution in [-0.2, 0) is 15.0 Å². The number of aliphatic carboxylic acids is 2. The first-order valence-corrected chi connectivity index (χ1v) is 6.88. The summed E-state index contributed by atoms with van der Waals surface area (Å²) in [6.45, 7) is 0. The lowest BCUT2D eigenvalue weighted by Crippen LogP contribution is -2.50. The van der Waals surface area contributed by atoms with Gasteiger partial charge in [0, 0.05) is 0 Å². The van der Waals surface area contributed by atoms with Gasteiger partial charge in [-0.2, -0.15) is 0 Å². The monoisotopic (exact) mass is 294 g/mol. The molecule has 4 nitrogen and oxygen atoms in total. The van der Waals surface area contributed by atoms with Crippen molar-refractivity contribution in [3.05, 3.63) is 83.4 Å². The van der Waals surface area contributed by atoms with Gasteiger partial charge < -0.3 is 10.2 Å². The molecule has 0 amide bonds. The molecule has 0 radical (unpaired) electrons. The van der Waals surface area contributed by atoms with E-state index in [4.69, 9.17) is 0 Å². The molecule has 0 bridgehead atoms. The first-order chi connectivity index (χ1) is 10.6. The maximum Gasteiger partial charge on any atom is 0.332 e. The molecule has 0 fully saturated rings. The predicted octanol–water partition coefficient (Wildman–Crippen LogP) is 2.70. The van der Waals surface area contributed by atoms with E-state index in [1.54, 1.807) is 48.5 Å². The second kappa shape index (κ2) is 5.15. The fourth-order valence-corrected chi connectivity index (χ4v) is 3.23. The van der Waals surface area contributed by atoms with E-state index >= 15 is 0 Å². The topological polar surface area (TPSA) is 74.6 Å². The standard InChI is InChI=1S/C18H14O4/c19-16(20)14-11-15(17(21)22)18(14,12-7-3-1-4-8-12)13-9-5-2-6-10-13/h1-11,14H,(H,19,20)(H,21,22). The molecule has 0 aromatic heterocycles. The molecule has 0 heterocycles. The van der Waals surface area contributed by atoms with Crippen LogP contribution in [0.5, 0.6) is 0 Å². The van der Waals surface area contributed by atoms with Crippen molar-refractivity contribution in [2.75, 3.05) is 0 Å². The van der Waals surface area contributed by atoms with Gasteiger partial charge in [0.15, 0.2) is 0 Å². The largest absolute Gasteiger partial charge is 0.481 e. The maximum atomic E-state index is 11.7. The van der Waals surface area contributed by atoms with Gasteiger partial charge >= 0.3 is 11.9 Å². The molecule has 2 N–H and O–H groups in total. The van der Waals surface area contributed by atoms with E-state index in [9.17, 15) is 19.8 Å². The molecule has 1 unspecified atom stereocenters. The Morgan fingerprint density at radius 3 is 1.64 bits per heavy atom.